The van der Waals surface area contributed by atoms with Crippen LogP contribution < -0.4 is 5.73 Å². The zero-order chi connectivity index (χ0) is 13.8. The van der Waals surface area contributed by atoms with Gasteiger partial charge in [0.05, 0.1) is 0 Å². The topological polar surface area (TPSA) is 46.3 Å². The van der Waals surface area contributed by atoms with Crippen molar-refractivity contribution in [2.45, 2.75) is 39.2 Å². The Hall–Kier alpha value is -1.35. The first kappa shape index (κ1) is 14.1. The molecule has 0 saturated carbocycles. The Kier molecular flexibility index (Phi) is 4.59. The third-order valence-corrected chi connectivity index (χ3v) is 4.12. The number of likely N-dealkylation sites (tertiary alicyclic amines) is 1. The Morgan fingerprint density at radius 3 is 2.68 bits per heavy atom. The van der Waals surface area contributed by atoms with Gasteiger partial charge < -0.3 is 10.6 Å². The maximum absolute atomic E-state index is 12.2. The average Bonchev–Trinajstić information content (AvgIpc) is 2.41. The fourth-order valence-corrected chi connectivity index (χ4v) is 2.49. The van der Waals surface area contributed by atoms with E-state index in [0.717, 1.165) is 19.4 Å². The molecule has 1 fully saturated rings. The molecule has 104 valence electrons. The quantitative estimate of drug-likeness (QED) is 0.905. The van der Waals surface area contributed by atoms with Gasteiger partial charge in [-0.05, 0) is 31.2 Å². The van der Waals surface area contributed by atoms with Gasteiger partial charge in [0, 0.05) is 25.6 Å². The van der Waals surface area contributed by atoms with Crippen molar-refractivity contribution in [3.05, 3.63) is 35.4 Å². The molecule has 0 radical (unpaired) electrons. The van der Waals surface area contributed by atoms with Crippen LogP contribution in [0.5, 0.6) is 0 Å². The number of benzene rings is 1. The molecule has 2 N–H and O–H groups in total. The van der Waals surface area contributed by atoms with Crippen molar-refractivity contribution in [3.63, 3.8) is 0 Å². The van der Waals surface area contributed by atoms with Crippen molar-refractivity contribution in [1.82, 2.24) is 4.90 Å². The molecule has 0 aliphatic carbocycles. The molecule has 1 aliphatic rings. The average molecular weight is 260 g/mol. The first-order valence-electron chi connectivity index (χ1n) is 7.15. The Labute approximate surface area is 115 Å². The molecule has 0 aromatic heterocycles. The first-order chi connectivity index (χ1) is 9.06. The van der Waals surface area contributed by atoms with E-state index >= 15 is 0 Å². The molecule has 1 amide bonds. The number of carbonyl (C=O) groups excluding carboxylic acids is 1. The van der Waals surface area contributed by atoms with Gasteiger partial charge in [-0.25, -0.2) is 0 Å². The molecule has 1 heterocycles. The predicted octanol–water partition coefficient (Wildman–Crippen LogP) is 2.12. The highest BCUT2D eigenvalue weighted by atomic mass is 16.2. The van der Waals surface area contributed by atoms with Gasteiger partial charge >= 0.3 is 0 Å². The van der Waals surface area contributed by atoms with Crippen molar-refractivity contribution in [2.75, 3.05) is 13.1 Å². The number of hydrogen-bond donors (Lipinski definition) is 1. The lowest BCUT2D eigenvalue weighted by molar-refractivity contribution is -0.132. The van der Waals surface area contributed by atoms with Crippen LogP contribution in [0.1, 0.15) is 30.9 Å². The number of piperidine rings is 1. The predicted molar refractivity (Wildman–Crippen MR) is 77.8 cm³/mol. The van der Waals surface area contributed by atoms with Gasteiger partial charge in [-0.1, -0.05) is 36.8 Å². The van der Waals surface area contributed by atoms with Crippen LogP contribution in [-0.4, -0.2) is 29.9 Å². The fourth-order valence-electron chi connectivity index (χ4n) is 2.49. The normalized spacial score (nSPS) is 23.4. The summed E-state index contributed by atoms with van der Waals surface area (Å²) in [4.78, 5) is 14.1. The second kappa shape index (κ2) is 6.20. The number of nitrogens with two attached hydrogens (primary N) is 1. The minimum atomic E-state index is 0.136. The minimum Gasteiger partial charge on any atom is -0.341 e. The number of nitrogens with zero attached hydrogens (tertiary/aromatic N) is 1. The maximum atomic E-state index is 12.2. The second-order valence-electron chi connectivity index (χ2n) is 5.76. The molecule has 0 bridgehead atoms. The first-order valence-corrected chi connectivity index (χ1v) is 7.15. The van der Waals surface area contributed by atoms with Crippen molar-refractivity contribution < 1.29 is 4.79 Å². The van der Waals surface area contributed by atoms with E-state index in [-0.39, 0.29) is 11.9 Å². The molecule has 2 atom stereocenters. The number of aryl methyl sites for hydroxylation is 2. The van der Waals surface area contributed by atoms with E-state index in [9.17, 15) is 4.79 Å². The Balaban J connectivity index is 1.83. The highest BCUT2D eigenvalue weighted by Crippen LogP contribution is 2.16. The fraction of sp³-hybridized carbons (Fsp3) is 0.562. The van der Waals surface area contributed by atoms with E-state index in [4.69, 9.17) is 5.73 Å². The van der Waals surface area contributed by atoms with Gasteiger partial charge in [-0.15, -0.1) is 0 Å². The molecule has 1 saturated heterocycles. The van der Waals surface area contributed by atoms with Crippen molar-refractivity contribution >= 4 is 5.91 Å². The van der Waals surface area contributed by atoms with Gasteiger partial charge in [-0.2, -0.15) is 0 Å². The molecule has 1 aliphatic heterocycles. The molecule has 3 nitrogen and oxygen atoms in total. The van der Waals surface area contributed by atoms with Crippen molar-refractivity contribution in [1.29, 1.82) is 0 Å². The number of carbonyl (C=O) groups is 1. The number of hydrogen-bond acceptors (Lipinski definition) is 2. The summed E-state index contributed by atoms with van der Waals surface area (Å²) in [7, 11) is 0. The van der Waals surface area contributed by atoms with E-state index in [1.54, 1.807) is 0 Å². The summed E-state index contributed by atoms with van der Waals surface area (Å²) in [5.74, 6) is 0.768. The van der Waals surface area contributed by atoms with Crippen molar-refractivity contribution in [2.24, 2.45) is 11.7 Å². The van der Waals surface area contributed by atoms with Crippen LogP contribution >= 0.6 is 0 Å². The van der Waals surface area contributed by atoms with Gasteiger partial charge in [0.15, 0.2) is 0 Å². The summed E-state index contributed by atoms with van der Waals surface area (Å²) in [6.45, 7) is 5.82. The van der Waals surface area contributed by atoms with Crippen LogP contribution in [0.3, 0.4) is 0 Å². The molecule has 19 heavy (non-hydrogen) atoms. The Morgan fingerprint density at radius 2 is 2.05 bits per heavy atom. The van der Waals surface area contributed by atoms with E-state index < -0.39 is 0 Å². The monoisotopic (exact) mass is 260 g/mol. The van der Waals surface area contributed by atoms with Crippen molar-refractivity contribution in [3.8, 4) is 0 Å². The van der Waals surface area contributed by atoms with Crippen LogP contribution in [0.4, 0.5) is 0 Å². The third kappa shape index (κ3) is 3.80. The van der Waals surface area contributed by atoms with Crippen LogP contribution in [0.2, 0.25) is 0 Å². The lowest BCUT2D eigenvalue weighted by Gasteiger charge is -2.35. The minimum absolute atomic E-state index is 0.136. The van der Waals surface area contributed by atoms with E-state index in [0.29, 0.717) is 18.9 Å². The smallest absolute Gasteiger partial charge is 0.222 e. The second-order valence-corrected chi connectivity index (χ2v) is 5.76. The van der Waals surface area contributed by atoms with E-state index in [2.05, 4.69) is 38.1 Å². The standard InChI is InChI=1S/C16H24N2O/c1-12-3-5-14(6-4-12)7-8-16(19)18-10-9-13(2)15(17)11-18/h3-6,13,15H,7-11,17H2,1-2H3. The summed E-state index contributed by atoms with van der Waals surface area (Å²) < 4.78 is 0. The van der Waals surface area contributed by atoms with Crippen LogP contribution in [-0.2, 0) is 11.2 Å². The molecule has 3 heteroatoms. The lowest BCUT2D eigenvalue weighted by atomic mass is 9.94. The molecule has 1 aromatic rings. The highest BCUT2D eigenvalue weighted by molar-refractivity contribution is 5.76. The summed E-state index contributed by atoms with van der Waals surface area (Å²) in [5, 5.41) is 0. The Bertz CT molecular complexity index is 427. The maximum Gasteiger partial charge on any atom is 0.222 e. The SMILES string of the molecule is Cc1ccc(CCC(=O)N2CCC(C)C(N)C2)cc1. The summed E-state index contributed by atoms with van der Waals surface area (Å²) in [5.41, 5.74) is 8.52. The molecule has 0 spiro atoms. The van der Waals surface area contributed by atoms with Gasteiger partial charge in [-0.3, -0.25) is 4.79 Å². The summed E-state index contributed by atoms with van der Waals surface area (Å²) >= 11 is 0. The number of rotatable bonds is 3. The summed E-state index contributed by atoms with van der Waals surface area (Å²) in [6, 6.07) is 8.53. The number of amides is 1. The lowest BCUT2D eigenvalue weighted by Crippen LogP contribution is -2.49. The third-order valence-electron chi connectivity index (χ3n) is 4.12. The van der Waals surface area contributed by atoms with Gasteiger partial charge in [0.1, 0.15) is 0 Å². The highest BCUT2D eigenvalue weighted by Gasteiger charge is 2.25. The summed E-state index contributed by atoms with van der Waals surface area (Å²) in [6.07, 6.45) is 2.43. The van der Waals surface area contributed by atoms with Crippen LogP contribution in [0.25, 0.3) is 0 Å². The largest absolute Gasteiger partial charge is 0.341 e. The van der Waals surface area contributed by atoms with E-state index in [1.807, 2.05) is 4.90 Å². The van der Waals surface area contributed by atoms with E-state index in [1.165, 1.54) is 11.1 Å². The molecular formula is C16H24N2O. The van der Waals surface area contributed by atoms with Gasteiger partial charge in [0.25, 0.3) is 0 Å². The van der Waals surface area contributed by atoms with Crippen LogP contribution in [0, 0.1) is 12.8 Å². The molecule has 1 aromatic carbocycles. The Morgan fingerprint density at radius 1 is 1.37 bits per heavy atom. The molecular weight excluding hydrogens is 236 g/mol. The van der Waals surface area contributed by atoms with Crippen LogP contribution in [0.15, 0.2) is 24.3 Å². The molecule has 2 rings (SSSR count). The zero-order valence-electron chi connectivity index (χ0n) is 11.9. The molecule has 2 unspecified atom stereocenters. The zero-order valence-corrected chi connectivity index (χ0v) is 11.9. The van der Waals surface area contributed by atoms with Gasteiger partial charge in [0.2, 0.25) is 5.91 Å².